The number of nitrogens with one attached hydrogen (secondary N) is 1. The third kappa shape index (κ3) is 3.78. The van der Waals surface area contributed by atoms with E-state index in [-0.39, 0.29) is 24.0 Å². The molecule has 2 saturated heterocycles. The van der Waals surface area contributed by atoms with Crippen molar-refractivity contribution in [2.24, 2.45) is 10.9 Å². The average Bonchev–Trinajstić information content (AvgIpc) is 3.03. The van der Waals surface area contributed by atoms with Crippen LogP contribution in [0.1, 0.15) is 6.42 Å². The molecule has 3 N–H and O–H groups in total. The lowest BCUT2D eigenvalue weighted by molar-refractivity contribution is -0.174. The van der Waals surface area contributed by atoms with Gasteiger partial charge in [-0.15, -0.1) is 0 Å². The van der Waals surface area contributed by atoms with Gasteiger partial charge >= 0.3 is 0 Å². The summed E-state index contributed by atoms with van der Waals surface area (Å²) in [7, 11) is 3.33. The van der Waals surface area contributed by atoms with Crippen LogP contribution < -0.4 is 5.32 Å². The van der Waals surface area contributed by atoms with Crippen molar-refractivity contribution >= 4 is 16.9 Å². The zero-order valence-corrected chi connectivity index (χ0v) is 14.6. The highest BCUT2D eigenvalue weighted by molar-refractivity contribution is 8.14. The third-order valence-corrected chi connectivity index (χ3v) is 5.59. The molecule has 0 amide bonds. The number of methoxy groups -OCH3 is 1. The SMILES string of the molecule is CN=C1N[C@@H]2[C@@H](O)[C@H](O)[C@@H](COCC3C=CC(OC)=CC3)O[C@@H]2S1. The first-order valence-corrected chi connectivity index (χ1v) is 8.92. The van der Waals surface area contributed by atoms with E-state index in [0.29, 0.717) is 11.8 Å². The number of nitrogens with zero attached hydrogens (tertiary/aromatic N) is 1. The van der Waals surface area contributed by atoms with Crippen LogP contribution in [-0.4, -0.2) is 72.5 Å². The van der Waals surface area contributed by atoms with Crippen molar-refractivity contribution in [1.82, 2.24) is 5.32 Å². The Hall–Kier alpha value is -1.06. The molecule has 3 aliphatic rings. The number of aliphatic hydroxyl groups excluding tert-OH is 2. The van der Waals surface area contributed by atoms with E-state index in [1.165, 1.54) is 11.8 Å². The molecule has 24 heavy (non-hydrogen) atoms. The van der Waals surface area contributed by atoms with E-state index in [2.05, 4.69) is 16.4 Å². The Kier molecular flexibility index (Phi) is 5.83. The van der Waals surface area contributed by atoms with Crippen molar-refractivity contribution in [1.29, 1.82) is 0 Å². The fourth-order valence-corrected chi connectivity index (χ4v) is 4.09. The smallest absolute Gasteiger partial charge is 0.159 e. The summed E-state index contributed by atoms with van der Waals surface area (Å²) in [5.74, 6) is 1.15. The summed E-state index contributed by atoms with van der Waals surface area (Å²) in [5.41, 5.74) is -0.266. The second-order valence-electron chi connectivity index (χ2n) is 6.04. The molecule has 3 rings (SSSR count). The number of fused-ring (bicyclic) bond motifs is 1. The second-order valence-corrected chi connectivity index (χ2v) is 7.13. The molecule has 0 saturated carbocycles. The quantitative estimate of drug-likeness (QED) is 0.650. The van der Waals surface area contributed by atoms with E-state index in [1.807, 2.05) is 12.2 Å². The molecule has 6 atom stereocenters. The Morgan fingerprint density at radius 3 is 2.88 bits per heavy atom. The van der Waals surface area contributed by atoms with Crippen molar-refractivity contribution in [3.63, 3.8) is 0 Å². The van der Waals surface area contributed by atoms with Gasteiger partial charge in [0.15, 0.2) is 5.17 Å². The Morgan fingerprint density at radius 1 is 1.38 bits per heavy atom. The lowest BCUT2D eigenvalue weighted by Crippen LogP contribution is -2.59. The summed E-state index contributed by atoms with van der Waals surface area (Å²) in [6.07, 6.45) is 4.43. The van der Waals surface area contributed by atoms with Gasteiger partial charge in [0.1, 0.15) is 29.5 Å². The summed E-state index contributed by atoms with van der Waals surface area (Å²) >= 11 is 1.43. The van der Waals surface area contributed by atoms with Crippen molar-refractivity contribution in [2.45, 2.75) is 36.2 Å². The fourth-order valence-electron chi connectivity index (χ4n) is 2.98. The van der Waals surface area contributed by atoms with Crippen molar-refractivity contribution in [3.8, 4) is 0 Å². The molecule has 0 aromatic rings. The molecule has 0 spiro atoms. The van der Waals surface area contributed by atoms with Crippen LogP contribution in [0.5, 0.6) is 0 Å². The van der Waals surface area contributed by atoms with Crippen LogP contribution in [0, 0.1) is 5.92 Å². The number of allylic oxidation sites excluding steroid dienone is 2. The molecule has 2 fully saturated rings. The van der Waals surface area contributed by atoms with E-state index in [0.717, 1.165) is 12.2 Å². The molecule has 7 nitrogen and oxygen atoms in total. The first-order valence-electron chi connectivity index (χ1n) is 8.04. The lowest BCUT2D eigenvalue weighted by atomic mass is 9.98. The Balaban J connectivity index is 1.47. The van der Waals surface area contributed by atoms with Crippen LogP contribution in [0.25, 0.3) is 0 Å². The topological polar surface area (TPSA) is 92.5 Å². The van der Waals surface area contributed by atoms with Gasteiger partial charge in [-0.3, -0.25) is 4.99 Å². The number of ether oxygens (including phenoxy) is 3. The maximum atomic E-state index is 10.3. The summed E-state index contributed by atoms with van der Waals surface area (Å²) in [5, 5.41) is 24.3. The molecule has 0 aromatic heterocycles. The summed E-state index contributed by atoms with van der Waals surface area (Å²) in [6.45, 7) is 0.777. The highest BCUT2D eigenvalue weighted by Crippen LogP contribution is 2.34. The van der Waals surface area contributed by atoms with E-state index in [9.17, 15) is 10.2 Å². The minimum absolute atomic E-state index is 0.242. The van der Waals surface area contributed by atoms with E-state index in [4.69, 9.17) is 14.2 Å². The van der Waals surface area contributed by atoms with Gasteiger partial charge in [0.2, 0.25) is 0 Å². The summed E-state index contributed by atoms with van der Waals surface area (Å²) < 4.78 is 16.8. The zero-order chi connectivity index (χ0) is 17.1. The summed E-state index contributed by atoms with van der Waals surface area (Å²) in [6, 6.07) is -0.348. The molecule has 2 aliphatic heterocycles. The Labute approximate surface area is 145 Å². The van der Waals surface area contributed by atoms with Crippen LogP contribution >= 0.6 is 11.8 Å². The molecule has 8 heteroatoms. The predicted octanol–water partition coefficient (Wildman–Crippen LogP) is 0.247. The molecular formula is C16H24N2O5S. The van der Waals surface area contributed by atoms with Gasteiger partial charge in [-0.05, 0) is 18.6 Å². The van der Waals surface area contributed by atoms with Crippen molar-refractivity contribution < 1.29 is 24.4 Å². The van der Waals surface area contributed by atoms with Crippen LogP contribution in [0.4, 0.5) is 0 Å². The average molecular weight is 356 g/mol. The van der Waals surface area contributed by atoms with Gasteiger partial charge in [0.25, 0.3) is 0 Å². The molecule has 134 valence electrons. The number of thioether (sulfide) groups is 1. The Morgan fingerprint density at radius 2 is 2.21 bits per heavy atom. The second kappa shape index (κ2) is 7.88. The number of aliphatic hydroxyl groups is 2. The number of rotatable bonds is 5. The van der Waals surface area contributed by atoms with Crippen LogP contribution in [0.2, 0.25) is 0 Å². The minimum atomic E-state index is -0.988. The lowest BCUT2D eigenvalue weighted by Gasteiger charge is -2.38. The van der Waals surface area contributed by atoms with Crippen LogP contribution in [0.15, 0.2) is 29.0 Å². The van der Waals surface area contributed by atoms with Crippen molar-refractivity contribution in [3.05, 3.63) is 24.0 Å². The molecule has 1 unspecified atom stereocenters. The third-order valence-electron chi connectivity index (χ3n) is 4.43. The number of aliphatic imine (C=N–C) groups is 1. The van der Waals surface area contributed by atoms with Gasteiger partial charge in [-0.2, -0.15) is 0 Å². The fraction of sp³-hybridized carbons (Fsp3) is 0.688. The van der Waals surface area contributed by atoms with E-state index < -0.39 is 18.3 Å². The molecule has 0 aromatic carbocycles. The largest absolute Gasteiger partial charge is 0.497 e. The standard InChI is InChI=1S/C16H24N2O5S/c1-17-16-18-12-14(20)13(19)11(23-15(12)24-16)8-22-7-9-3-5-10(21-2)6-4-9/h3,5-6,9,11-15,19-20H,4,7-8H2,1-2H3,(H,17,18)/t9?,11-,12-,13-,14-,15-/m1/s1. The molecule has 2 heterocycles. The number of amidine groups is 1. The zero-order valence-electron chi connectivity index (χ0n) is 13.8. The van der Waals surface area contributed by atoms with Crippen LogP contribution in [-0.2, 0) is 14.2 Å². The van der Waals surface area contributed by atoms with Gasteiger partial charge in [-0.1, -0.05) is 17.8 Å². The first kappa shape index (κ1) is 17.8. The van der Waals surface area contributed by atoms with Crippen molar-refractivity contribution in [2.75, 3.05) is 27.4 Å². The van der Waals surface area contributed by atoms with Crippen LogP contribution in [0.3, 0.4) is 0 Å². The highest BCUT2D eigenvalue weighted by Gasteiger charge is 2.48. The van der Waals surface area contributed by atoms with E-state index in [1.54, 1.807) is 14.2 Å². The molecular weight excluding hydrogens is 332 g/mol. The summed E-state index contributed by atoms with van der Waals surface area (Å²) in [4.78, 5) is 4.07. The molecule has 0 radical (unpaired) electrons. The van der Waals surface area contributed by atoms with Gasteiger partial charge in [0.05, 0.1) is 26.4 Å². The normalized spacial score (nSPS) is 40.2. The number of hydrogen-bond acceptors (Lipinski definition) is 7. The first-order chi connectivity index (χ1) is 11.6. The highest BCUT2D eigenvalue weighted by atomic mass is 32.2. The minimum Gasteiger partial charge on any atom is -0.497 e. The van der Waals surface area contributed by atoms with E-state index >= 15 is 0 Å². The maximum Gasteiger partial charge on any atom is 0.159 e. The number of hydrogen-bond donors (Lipinski definition) is 3. The molecule has 0 bridgehead atoms. The monoisotopic (exact) mass is 356 g/mol. The predicted molar refractivity (Wildman–Crippen MR) is 91.7 cm³/mol. The molecule has 1 aliphatic carbocycles. The Bertz CT molecular complexity index is 539. The maximum absolute atomic E-state index is 10.3. The van der Waals surface area contributed by atoms with Gasteiger partial charge < -0.3 is 29.7 Å². The van der Waals surface area contributed by atoms with Gasteiger partial charge in [0, 0.05) is 13.0 Å². The van der Waals surface area contributed by atoms with Gasteiger partial charge in [-0.25, -0.2) is 0 Å².